The highest BCUT2D eigenvalue weighted by Gasteiger charge is 2.09. The van der Waals surface area contributed by atoms with Crippen LogP contribution in [0.2, 0.25) is 0 Å². The van der Waals surface area contributed by atoms with Gasteiger partial charge in [-0.25, -0.2) is 9.18 Å². The molecular weight excluding hydrogens is 265 g/mol. The molecule has 20 heavy (non-hydrogen) atoms. The van der Waals surface area contributed by atoms with Crippen molar-refractivity contribution in [1.82, 2.24) is 0 Å². The highest BCUT2D eigenvalue weighted by Crippen LogP contribution is 2.18. The van der Waals surface area contributed by atoms with E-state index in [-0.39, 0.29) is 17.1 Å². The van der Waals surface area contributed by atoms with Crippen molar-refractivity contribution in [3.63, 3.8) is 0 Å². The first-order valence-electron chi connectivity index (χ1n) is 5.63. The van der Waals surface area contributed by atoms with Gasteiger partial charge in [-0.15, -0.1) is 0 Å². The maximum atomic E-state index is 13.3. The molecule has 0 unspecified atom stereocenters. The zero-order valence-electron chi connectivity index (χ0n) is 10.2. The smallest absolute Gasteiger partial charge is 0.307 e. The fourth-order valence-electron chi connectivity index (χ4n) is 1.54. The van der Waals surface area contributed by atoms with Gasteiger partial charge in [0.1, 0.15) is 5.82 Å². The Morgan fingerprint density at radius 2 is 1.85 bits per heavy atom. The zero-order valence-corrected chi connectivity index (χ0v) is 10.2. The molecule has 7 heteroatoms. The summed E-state index contributed by atoms with van der Waals surface area (Å²) in [4.78, 5) is 21.7. The second-order valence-corrected chi connectivity index (χ2v) is 3.87. The minimum atomic E-state index is -0.685. The van der Waals surface area contributed by atoms with Gasteiger partial charge in [-0.3, -0.25) is 10.1 Å². The lowest BCUT2D eigenvalue weighted by Gasteiger charge is -2.08. The summed E-state index contributed by atoms with van der Waals surface area (Å²) in [5, 5.41) is 15.3. The van der Waals surface area contributed by atoms with Crippen molar-refractivity contribution in [2.45, 2.75) is 0 Å². The highest BCUT2D eigenvalue weighted by molar-refractivity contribution is 5.99. The summed E-state index contributed by atoms with van der Waals surface area (Å²) in [7, 11) is 0. The number of carbonyl (C=O) groups excluding carboxylic acids is 1. The monoisotopic (exact) mass is 275 g/mol. The molecule has 0 radical (unpaired) electrons. The molecule has 0 saturated carbocycles. The van der Waals surface area contributed by atoms with Crippen molar-refractivity contribution in [2.24, 2.45) is 0 Å². The number of nitrogens with zero attached hydrogens (tertiary/aromatic N) is 1. The number of nitro benzene ring substituents is 1. The van der Waals surface area contributed by atoms with Crippen LogP contribution < -0.4 is 10.6 Å². The second kappa shape index (κ2) is 5.79. The van der Waals surface area contributed by atoms with Gasteiger partial charge in [-0.05, 0) is 18.2 Å². The van der Waals surface area contributed by atoms with Gasteiger partial charge >= 0.3 is 6.03 Å². The molecule has 2 N–H and O–H groups in total. The van der Waals surface area contributed by atoms with E-state index >= 15 is 0 Å². The molecule has 0 aliphatic heterocycles. The molecule has 2 rings (SSSR count). The first-order chi connectivity index (χ1) is 9.56. The van der Waals surface area contributed by atoms with E-state index in [0.717, 1.165) is 0 Å². The van der Waals surface area contributed by atoms with E-state index in [9.17, 15) is 19.3 Å². The highest BCUT2D eigenvalue weighted by atomic mass is 19.1. The Kier molecular flexibility index (Phi) is 3.90. The number of urea groups is 1. The van der Waals surface area contributed by atoms with Crippen LogP contribution in [0.25, 0.3) is 0 Å². The van der Waals surface area contributed by atoms with E-state index in [4.69, 9.17) is 0 Å². The average molecular weight is 275 g/mol. The van der Waals surface area contributed by atoms with Gasteiger partial charge in [0.2, 0.25) is 0 Å². The van der Waals surface area contributed by atoms with Crippen LogP contribution in [0, 0.1) is 15.9 Å². The SMILES string of the molecule is O=C(Nc1cccc([N+](=O)[O-])c1)Nc1ccccc1F. The van der Waals surface area contributed by atoms with Crippen LogP contribution in [0.1, 0.15) is 0 Å². The van der Waals surface area contributed by atoms with Gasteiger partial charge in [-0.1, -0.05) is 18.2 Å². The van der Waals surface area contributed by atoms with Gasteiger partial charge < -0.3 is 10.6 Å². The minimum Gasteiger partial charge on any atom is -0.307 e. The normalized spacial score (nSPS) is 9.85. The van der Waals surface area contributed by atoms with Crippen LogP contribution in [0.4, 0.5) is 26.2 Å². The molecule has 2 aromatic rings. The summed E-state index contributed by atoms with van der Waals surface area (Å²) in [5.74, 6) is -0.568. The van der Waals surface area contributed by atoms with Crippen molar-refractivity contribution in [3.8, 4) is 0 Å². The molecular formula is C13H10FN3O3. The van der Waals surface area contributed by atoms with Crippen LogP contribution >= 0.6 is 0 Å². The molecule has 0 heterocycles. The number of amides is 2. The van der Waals surface area contributed by atoms with Crippen LogP contribution in [-0.2, 0) is 0 Å². The molecule has 0 aromatic heterocycles. The molecule has 0 bridgehead atoms. The summed E-state index contributed by atoms with van der Waals surface area (Å²) in [6.07, 6.45) is 0. The van der Waals surface area contributed by atoms with E-state index in [0.29, 0.717) is 0 Å². The van der Waals surface area contributed by atoms with E-state index in [1.807, 2.05) is 0 Å². The number of para-hydroxylation sites is 1. The Hall–Kier alpha value is -2.96. The van der Waals surface area contributed by atoms with Gasteiger partial charge in [0.25, 0.3) is 5.69 Å². The predicted octanol–water partition coefficient (Wildman–Crippen LogP) is 3.38. The third-order valence-corrected chi connectivity index (χ3v) is 2.44. The lowest BCUT2D eigenvalue weighted by molar-refractivity contribution is -0.384. The summed E-state index contributed by atoms with van der Waals surface area (Å²) in [6, 6.07) is 10.5. The van der Waals surface area contributed by atoms with Crippen molar-refractivity contribution >= 4 is 23.1 Å². The number of benzene rings is 2. The van der Waals surface area contributed by atoms with E-state index in [2.05, 4.69) is 10.6 Å². The maximum absolute atomic E-state index is 13.3. The number of rotatable bonds is 3. The second-order valence-electron chi connectivity index (χ2n) is 3.87. The minimum absolute atomic E-state index is 0.0235. The Bertz CT molecular complexity index is 661. The molecule has 2 aromatic carbocycles. The third-order valence-electron chi connectivity index (χ3n) is 2.44. The van der Waals surface area contributed by atoms with Gasteiger partial charge in [0.15, 0.2) is 0 Å². The zero-order chi connectivity index (χ0) is 14.5. The van der Waals surface area contributed by atoms with Crippen molar-refractivity contribution < 1.29 is 14.1 Å². The van der Waals surface area contributed by atoms with Crippen molar-refractivity contribution in [1.29, 1.82) is 0 Å². The van der Waals surface area contributed by atoms with E-state index < -0.39 is 16.8 Å². The fourth-order valence-corrected chi connectivity index (χ4v) is 1.54. The standard InChI is InChI=1S/C13H10FN3O3/c14-11-6-1-2-7-12(11)16-13(18)15-9-4-3-5-10(8-9)17(19)20/h1-8H,(H2,15,16,18). The summed E-state index contributed by atoms with van der Waals surface area (Å²) >= 11 is 0. The number of hydrogen-bond donors (Lipinski definition) is 2. The lowest BCUT2D eigenvalue weighted by Crippen LogP contribution is -2.20. The first kappa shape index (κ1) is 13.5. The summed E-state index contributed by atoms with van der Waals surface area (Å²) in [5.41, 5.74) is 0.122. The van der Waals surface area contributed by atoms with Crippen molar-refractivity contribution in [3.05, 3.63) is 64.5 Å². The largest absolute Gasteiger partial charge is 0.323 e. The van der Waals surface area contributed by atoms with Crippen LogP contribution in [0.15, 0.2) is 48.5 Å². The van der Waals surface area contributed by atoms with E-state index in [1.54, 1.807) is 6.07 Å². The molecule has 0 fully saturated rings. The molecule has 0 aliphatic carbocycles. The molecule has 6 nitrogen and oxygen atoms in total. The number of nitrogens with one attached hydrogen (secondary N) is 2. The van der Waals surface area contributed by atoms with Crippen LogP contribution in [0.5, 0.6) is 0 Å². The molecule has 102 valence electrons. The Balaban J connectivity index is 2.07. The molecule has 0 saturated heterocycles. The fraction of sp³-hybridized carbons (Fsp3) is 0. The number of nitro groups is 1. The number of carbonyl (C=O) groups is 1. The van der Waals surface area contributed by atoms with Crippen LogP contribution in [-0.4, -0.2) is 11.0 Å². The predicted molar refractivity (Wildman–Crippen MR) is 72.1 cm³/mol. The van der Waals surface area contributed by atoms with E-state index in [1.165, 1.54) is 42.5 Å². The Morgan fingerprint density at radius 3 is 2.55 bits per heavy atom. The topological polar surface area (TPSA) is 84.3 Å². The lowest BCUT2D eigenvalue weighted by atomic mass is 10.3. The Labute approximate surface area is 113 Å². The molecule has 0 aliphatic rings. The number of hydrogen-bond acceptors (Lipinski definition) is 3. The summed E-state index contributed by atoms with van der Waals surface area (Å²) < 4.78 is 13.3. The number of anilines is 2. The van der Waals surface area contributed by atoms with Crippen molar-refractivity contribution in [2.75, 3.05) is 10.6 Å². The average Bonchev–Trinajstić information content (AvgIpc) is 2.41. The van der Waals surface area contributed by atoms with Gasteiger partial charge in [0.05, 0.1) is 10.6 Å². The van der Waals surface area contributed by atoms with Crippen LogP contribution in [0.3, 0.4) is 0 Å². The number of non-ortho nitro benzene ring substituents is 1. The van der Waals surface area contributed by atoms with Gasteiger partial charge in [-0.2, -0.15) is 0 Å². The van der Waals surface area contributed by atoms with Gasteiger partial charge in [0, 0.05) is 17.8 Å². The molecule has 0 spiro atoms. The third kappa shape index (κ3) is 3.29. The maximum Gasteiger partial charge on any atom is 0.323 e. The quantitative estimate of drug-likeness (QED) is 0.665. The molecule has 0 atom stereocenters. The first-order valence-corrected chi connectivity index (χ1v) is 5.63. The molecule has 2 amide bonds. The Morgan fingerprint density at radius 1 is 1.10 bits per heavy atom. The number of halogens is 1. The summed E-state index contributed by atoms with van der Waals surface area (Å²) in [6.45, 7) is 0.